The van der Waals surface area contributed by atoms with Crippen molar-refractivity contribution in [3.8, 4) is 11.5 Å². The molecule has 2 aromatic rings. The molecule has 0 saturated carbocycles. The number of carbonyl (C=O) groups is 1. The molecule has 1 atom stereocenters. The first kappa shape index (κ1) is 18.6. The third kappa shape index (κ3) is 5.11. The highest BCUT2D eigenvalue weighted by Crippen LogP contribution is 2.29. The Hall–Kier alpha value is -2.75. The van der Waals surface area contributed by atoms with Gasteiger partial charge in [-0.2, -0.15) is 15.0 Å². The van der Waals surface area contributed by atoms with Crippen LogP contribution < -0.4 is 26.3 Å². The summed E-state index contributed by atoms with van der Waals surface area (Å²) in [5.41, 5.74) is 11.8. The van der Waals surface area contributed by atoms with Crippen LogP contribution in [0.3, 0.4) is 0 Å². The molecule has 0 radical (unpaired) electrons. The number of nitrogens with two attached hydrogens (primary N) is 2. The Labute approximate surface area is 149 Å². The molecule has 5 N–H and O–H groups in total. The van der Waals surface area contributed by atoms with Gasteiger partial charge in [-0.15, -0.1) is 0 Å². The van der Waals surface area contributed by atoms with E-state index in [-0.39, 0.29) is 29.6 Å². The van der Waals surface area contributed by atoms with E-state index in [4.69, 9.17) is 20.9 Å². The zero-order valence-corrected chi connectivity index (χ0v) is 15.0. The Morgan fingerprint density at radius 2 is 1.88 bits per heavy atom. The molecule has 0 fully saturated rings. The minimum atomic E-state index is -0.272. The van der Waals surface area contributed by atoms with Crippen LogP contribution in [0, 0.1) is 0 Å². The first-order chi connectivity index (χ1) is 11.9. The molecule has 0 bridgehead atoms. The average Bonchev–Trinajstić information content (AvgIpc) is 2.58. The van der Waals surface area contributed by atoms with Crippen molar-refractivity contribution in [3.05, 3.63) is 23.8 Å². The molecule has 9 nitrogen and oxygen atoms in total. The fourth-order valence-corrected chi connectivity index (χ4v) is 2.78. The molecule has 2 rings (SSSR count). The standard InChI is InChI=1S/C15H20N6O3S/c1-8(10-6-9(23-2)4-5-11(10)24-3)18-12(22)7-25-15-20-13(16)19-14(17)21-15/h4-6,8H,7H2,1-3H3,(H,18,22)(H4,16,17,19,20,21)/t8-/m0/s1. The van der Waals surface area contributed by atoms with Gasteiger partial charge in [0.15, 0.2) is 5.16 Å². The molecule has 1 amide bonds. The lowest BCUT2D eigenvalue weighted by atomic mass is 10.1. The van der Waals surface area contributed by atoms with Crippen LogP contribution in [0.2, 0.25) is 0 Å². The second kappa shape index (κ2) is 8.38. The van der Waals surface area contributed by atoms with Crippen LogP contribution in [0.4, 0.5) is 11.9 Å². The number of hydrogen-bond donors (Lipinski definition) is 3. The molecular formula is C15H20N6O3S. The molecule has 0 spiro atoms. The normalized spacial score (nSPS) is 11.6. The fourth-order valence-electron chi connectivity index (χ4n) is 2.12. The fraction of sp³-hybridized carbons (Fsp3) is 0.333. The summed E-state index contributed by atoms with van der Waals surface area (Å²) < 4.78 is 10.6. The van der Waals surface area contributed by atoms with Crippen molar-refractivity contribution in [1.82, 2.24) is 20.3 Å². The van der Waals surface area contributed by atoms with Gasteiger partial charge in [0.25, 0.3) is 0 Å². The van der Waals surface area contributed by atoms with Crippen molar-refractivity contribution in [2.24, 2.45) is 0 Å². The Morgan fingerprint density at radius 1 is 1.20 bits per heavy atom. The molecule has 1 aromatic carbocycles. The van der Waals surface area contributed by atoms with Crippen LogP contribution in [0.1, 0.15) is 18.5 Å². The highest BCUT2D eigenvalue weighted by atomic mass is 32.2. The van der Waals surface area contributed by atoms with E-state index in [1.807, 2.05) is 13.0 Å². The molecule has 25 heavy (non-hydrogen) atoms. The maximum Gasteiger partial charge on any atom is 0.230 e. The van der Waals surface area contributed by atoms with Crippen molar-refractivity contribution < 1.29 is 14.3 Å². The predicted octanol–water partition coefficient (Wildman–Crippen LogP) is 1.02. The predicted molar refractivity (Wildman–Crippen MR) is 95.5 cm³/mol. The Kier molecular flexibility index (Phi) is 6.23. The molecule has 0 aliphatic carbocycles. The topological polar surface area (TPSA) is 138 Å². The molecule has 0 aliphatic rings. The second-order valence-corrected chi connectivity index (χ2v) is 5.96. The van der Waals surface area contributed by atoms with Gasteiger partial charge in [-0.05, 0) is 25.1 Å². The van der Waals surface area contributed by atoms with Crippen molar-refractivity contribution in [2.45, 2.75) is 18.1 Å². The first-order valence-corrected chi connectivity index (χ1v) is 8.32. The van der Waals surface area contributed by atoms with Crippen LogP contribution in [-0.2, 0) is 4.79 Å². The van der Waals surface area contributed by atoms with Crippen molar-refractivity contribution >= 4 is 29.6 Å². The summed E-state index contributed by atoms with van der Waals surface area (Å²) in [6.07, 6.45) is 0. The summed E-state index contributed by atoms with van der Waals surface area (Å²) in [6, 6.07) is 5.14. The number of hydrogen-bond acceptors (Lipinski definition) is 9. The van der Waals surface area contributed by atoms with E-state index in [0.29, 0.717) is 16.7 Å². The maximum atomic E-state index is 12.2. The molecule has 0 aliphatic heterocycles. The van der Waals surface area contributed by atoms with Crippen LogP contribution >= 0.6 is 11.8 Å². The number of carbonyl (C=O) groups excluding carboxylic acids is 1. The van der Waals surface area contributed by atoms with Crippen LogP contribution in [0.5, 0.6) is 11.5 Å². The second-order valence-electron chi connectivity index (χ2n) is 5.02. The number of thioether (sulfide) groups is 1. The number of ether oxygens (including phenoxy) is 2. The summed E-state index contributed by atoms with van der Waals surface area (Å²) in [6.45, 7) is 1.86. The monoisotopic (exact) mass is 364 g/mol. The van der Waals surface area contributed by atoms with Crippen molar-refractivity contribution in [2.75, 3.05) is 31.4 Å². The van der Waals surface area contributed by atoms with Crippen molar-refractivity contribution in [3.63, 3.8) is 0 Å². The van der Waals surface area contributed by atoms with Crippen LogP contribution in [0.25, 0.3) is 0 Å². The molecule has 1 aromatic heterocycles. The van der Waals surface area contributed by atoms with E-state index < -0.39 is 0 Å². The number of nitrogens with one attached hydrogen (secondary N) is 1. The third-order valence-corrected chi connectivity index (χ3v) is 4.11. The molecule has 0 unspecified atom stereocenters. The van der Waals surface area contributed by atoms with E-state index >= 15 is 0 Å². The molecule has 134 valence electrons. The van der Waals surface area contributed by atoms with Gasteiger partial charge in [0, 0.05) is 5.56 Å². The summed E-state index contributed by atoms with van der Waals surface area (Å²) in [5.74, 6) is 1.30. The maximum absolute atomic E-state index is 12.2. The van der Waals surface area contributed by atoms with Gasteiger partial charge in [-0.25, -0.2) is 0 Å². The van der Waals surface area contributed by atoms with Gasteiger partial charge in [0.1, 0.15) is 11.5 Å². The van der Waals surface area contributed by atoms with Gasteiger partial charge < -0.3 is 26.3 Å². The number of methoxy groups -OCH3 is 2. The van der Waals surface area contributed by atoms with Gasteiger partial charge in [-0.1, -0.05) is 11.8 Å². The molecule has 1 heterocycles. The minimum absolute atomic E-state index is 0.0184. The summed E-state index contributed by atoms with van der Waals surface area (Å²) in [5, 5.41) is 3.19. The van der Waals surface area contributed by atoms with E-state index in [1.54, 1.807) is 26.4 Å². The van der Waals surface area contributed by atoms with E-state index in [2.05, 4.69) is 20.3 Å². The Balaban J connectivity index is 2.00. The highest BCUT2D eigenvalue weighted by molar-refractivity contribution is 7.99. The molecular weight excluding hydrogens is 344 g/mol. The zero-order valence-electron chi connectivity index (χ0n) is 14.1. The minimum Gasteiger partial charge on any atom is -0.497 e. The number of amides is 1. The van der Waals surface area contributed by atoms with E-state index in [9.17, 15) is 4.79 Å². The highest BCUT2D eigenvalue weighted by Gasteiger charge is 2.16. The number of rotatable bonds is 7. The van der Waals surface area contributed by atoms with E-state index in [0.717, 1.165) is 17.3 Å². The van der Waals surface area contributed by atoms with Gasteiger partial charge in [0.2, 0.25) is 17.8 Å². The largest absolute Gasteiger partial charge is 0.497 e. The summed E-state index contributed by atoms with van der Waals surface area (Å²) >= 11 is 1.12. The lowest BCUT2D eigenvalue weighted by Crippen LogP contribution is -2.28. The molecule has 10 heteroatoms. The number of nitrogens with zero attached hydrogens (tertiary/aromatic N) is 3. The summed E-state index contributed by atoms with van der Waals surface area (Å²) in [4.78, 5) is 23.7. The lowest BCUT2D eigenvalue weighted by molar-refractivity contribution is -0.119. The van der Waals surface area contributed by atoms with Crippen LogP contribution in [0.15, 0.2) is 23.4 Å². The summed E-state index contributed by atoms with van der Waals surface area (Å²) in [7, 11) is 3.16. The van der Waals surface area contributed by atoms with Crippen molar-refractivity contribution in [1.29, 1.82) is 0 Å². The number of anilines is 2. The Bertz CT molecular complexity index is 738. The molecule has 0 saturated heterocycles. The number of aromatic nitrogens is 3. The number of nitrogen functional groups attached to an aromatic ring is 2. The van der Waals surface area contributed by atoms with Gasteiger partial charge in [-0.3, -0.25) is 4.79 Å². The average molecular weight is 364 g/mol. The Morgan fingerprint density at radius 3 is 2.48 bits per heavy atom. The van der Waals surface area contributed by atoms with E-state index in [1.165, 1.54) is 0 Å². The number of benzene rings is 1. The van der Waals surface area contributed by atoms with Gasteiger partial charge >= 0.3 is 0 Å². The first-order valence-electron chi connectivity index (χ1n) is 7.34. The SMILES string of the molecule is COc1ccc(OC)c([C@H](C)NC(=O)CSc2nc(N)nc(N)n2)c1. The zero-order chi connectivity index (χ0) is 18.4. The quantitative estimate of drug-likeness (QED) is 0.614. The van der Waals surface area contributed by atoms with Gasteiger partial charge in [0.05, 0.1) is 26.0 Å². The van der Waals surface area contributed by atoms with Crippen LogP contribution in [-0.4, -0.2) is 40.8 Å². The smallest absolute Gasteiger partial charge is 0.230 e. The third-order valence-electron chi connectivity index (χ3n) is 3.26. The lowest BCUT2D eigenvalue weighted by Gasteiger charge is -2.18.